The lowest BCUT2D eigenvalue weighted by Crippen LogP contribution is -2.34. The van der Waals surface area contributed by atoms with E-state index >= 15 is 0 Å². The van der Waals surface area contributed by atoms with Crippen LogP contribution in [0.5, 0.6) is 5.75 Å². The molecule has 4 rings (SSSR count). The molecular formula is C23H21FN2O3S. The van der Waals surface area contributed by atoms with Crippen LogP contribution in [0.1, 0.15) is 31.0 Å². The highest BCUT2D eigenvalue weighted by molar-refractivity contribution is 8.16. The van der Waals surface area contributed by atoms with E-state index < -0.39 is 0 Å². The van der Waals surface area contributed by atoms with Gasteiger partial charge in [0.05, 0.1) is 23.9 Å². The first-order chi connectivity index (χ1) is 14.6. The van der Waals surface area contributed by atoms with Gasteiger partial charge in [-0.1, -0.05) is 36.0 Å². The number of carbonyl (C=O) groups excluding carboxylic acids is 1. The second-order valence-corrected chi connectivity index (χ2v) is 7.69. The number of aliphatic imine (C=N–C) groups is 1. The van der Waals surface area contributed by atoms with Crippen LogP contribution in [-0.4, -0.2) is 22.6 Å². The lowest BCUT2D eigenvalue weighted by molar-refractivity contribution is -0.139. The molecule has 0 saturated heterocycles. The van der Waals surface area contributed by atoms with E-state index in [0.717, 1.165) is 16.3 Å². The predicted octanol–water partition coefficient (Wildman–Crippen LogP) is 5.17. The number of benzene rings is 2. The Morgan fingerprint density at radius 3 is 2.80 bits per heavy atom. The summed E-state index contributed by atoms with van der Waals surface area (Å²) in [5.74, 6) is 0.0176. The summed E-state index contributed by atoms with van der Waals surface area (Å²) in [6, 6.07) is 13.5. The van der Waals surface area contributed by atoms with Crippen molar-refractivity contribution in [2.45, 2.75) is 26.5 Å². The molecule has 0 N–H and O–H groups in total. The van der Waals surface area contributed by atoms with Crippen molar-refractivity contribution in [3.63, 3.8) is 0 Å². The van der Waals surface area contributed by atoms with E-state index in [1.54, 1.807) is 19.1 Å². The Labute approximate surface area is 178 Å². The van der Waals surface area contributed by atoms with Crippen molar-refractivity contribution in [2.24, 2.45) is 4.99 Å². The molecule has 0 spiro atoms. The number of ether oxygens (including phenoxy) is 2. The molecule has 2 aromatic rings. The summed E-state index contributed by atoms with van der Waals surface area (Å²) in [5.41, 5.74) is 2.94. The number of rotatable bonds is 6. The standard InChI is InChI=1S/C23H21FN2O3S/c1-3-28-22(27)20-15(2)25-23-26(11-12-30-23)21(20)17-5-4-6-19(13-17)29-14-16-7-9-18(24)10-8-16/h4-13,21H,3,14H2,1-2H3/t21-/m1/s1. The molecule has 0 fully saturated rings. The quantitative estimate of drug-likeness (QED) is 0.599. The van der Waals surface area contributed by atoms with E-state index in [1.165, 1.54) is 23.9 Å². The molecule has 2 aromatic carbocycles. The van der Waals surface area contributed by atoms with E-state index in [4.69, 9.17) is 9.47 Å². The van der Waals surface area contributed by atoms with Gasteiger partial charge in [-0.2, -0.15) is 0 Å². The van der Waals surface area contributed by atoms with Crippen molar-refractivity contribution < 1.29 is 18.7 Å². The molecule has 0 aromatic heterocycles. The molecule has 2 heterocycles. The summed E-state index contributed by atoms with van der Waals surface area (Å²) in [7, 11) is 0. The molecule has 0 saturated carbocycles. The number of amidine groups is 1. The van der Waals surface area contributed by atoms with Crippen molar-refractivity contribution in [2.75, 3.05) is 6.61 Å². The topological polar surface area (TPSA) is 51.1 Å². The molecule has 0 bridgehead atoms. The molecular weight excluding hydrogens is 403 g/mol. The second-order valence-electron chi connectivity index (χ2n) is 6.81. The smallest absolute Gasteiger partial charge is 0.338 e. The van der Waals surface area contributed by atoms with E-state index in [0.29, 0.717) is 30.2 Å². The molecule has 0 unspecified atom stereocenters. The number of allylic oxidation sites excluding steroid dienone is 1. The Balaban J connectivity index is 1.63. The van der Waals surface area contributed by atoms with Gasteiger partial charge < -0.3 is 14.4 Å². The third-order valence-electron chi connectivity index (χ3n) is 4.81. The van der Waals surface area contributed by atoms with Crippen LogP contribution in [0.25, 0.3) is 0 Å². The third kappa shape index (κ3) is 4.11. The van der Waals surface area contributed by atoms with Gasteiger partial charge in [-0.3, -0.25) is 0 Å². The number of nitrogens with zero attached hydrogens (tertiary/aromatic N) is 2. The first-order valence-corrected chi connectivity index (χ1v) is 10.5. The Bertz CT molecular complexity index is 1050. The summed E-state index contributed by atoms with van der Waals surface area (Å²) >= 11 is 1.52. The lowest BCUT2D eigenvalue weighted by Gasteiger charge is -2.33. The van der Waals surface area contributed by atoms with Crippen molar-refractivity contribution >= 4 is 22.9 Å². The molecule has 5 nitrogen and oxygen atoms in total. The van der Waals surface area contributed by atoms with Gasteiger partial charge in [-0.25, -0.2) is 14.2 Å². The van der Waals surface area contributed by atoms with Gasteiger partial charge in [-0.05, 0) is 54.6 Å². The van der Waals surface area contributed by atoms with Crippen LogP contribution in [0.4, 0.5) is 4.39 Å². The van der Waals surface area contributed by atoms with E-state index in [9.17, 15) is 9.18 Å². The van der Waals surface area contributed by atoms with Crippen molar-refractivity contribution in [1.29, 1.82) is 0 Å². The number of hydrogen-bond acceptors (Lipinski definition) is 6. The zero-order chi connectivity index (χ0) is 21.1. The van der Waals surface area contributed by atoms with Crippen molar-refractivity contribution in [3.8, 4) is 5.75 Å². The average molecular weight is 424 g/mol. The number of carbonyl (C=O) groups is 1. The fourth-order valence-electron chi connectivity index (χ4n) is 3.42. The van der Waals surface area contributed by atoms with E-state index in [1.807, 2.05) is 47.7 Å². The van der Waals surface area contributed by atoms with Gasteiger partial charge >= 0.3 is 5.97 Å². The molecule has 30 heavy (non-hydrogen) atoms. The SMILES string of the molecule is CCOC(=O)C1=C(C)N=C2SC=CN2[C@@H]1c1cccc(OCc2ccc(F)cc2)c1. The van der Waals surface area contributed by atoms with Gasteiger partial charge in [0.1, 0.15) is 18.2 Å². The fraction of sp³-hybridized carbons (Fsp3) is 0.217. The molecule has 0 radical (unpaired) electrons. The van der Waals surface area contributed by atoms with Crippen LogP contribution >= 0.6 is 11.8 Å². The van der Waals surface area contributed by atoms with Gasteiger partial charge in [0.15, 0.2) is 5.17 Å². The highest BCUT2D eigenvalue weighted by atomic mass is 32.2. The summed E-state index contributed by atoms with van der Waals surface area (Å²) in [6.45, 7) is 4.23. The zero-order valence-electron chi connectivity index (χ0n) is 16.7. The molecule has 154 valence electrons. The minimum atomic E-state index is -0.370. The largest absolute Gasteiger partial charge is 0.489 e. The number of halogens is 1. The van der Waals surface area contributed by atoms with E-state index in [2.05, 4.69) is 4.99 Å². The highest BCUT2D eigenvalue weighted by Crippen LogP contribution is 2.41. The van der Waals surface area contributed by atoms with Crippen molar-refractivity contribution in [3.05, 3.63) is 88.4 Å². The predicted molar refractivity (Wildman–Crippen MR) is 115 cm³/mol. The maximum atomic E-state index is 13.1. The molecule has 0 amide bonds. The number of thioether (sulfide) groups is 1. The van der Waals surface area contributed by atoms with Gasteiger partial charge in [0.2, 0.25) is 0 Å². The Hall–Kier alpha value is -3.06. The maximum absolute atomic E-state index is 13.1. The van der Waals surface area contributed by atoms with Gasteiger partial charge in [-0.15, -0.1) is 0 Å². The normalized spacial score (nSPS) is 17.6. The highest BCUT2D eigenvalue weighted by Gasteiger charge is 2.37. The summed E-state index contributed by atoms with van der Waals surface area (Å²) < 4.78 is 24.3. The first-order valence-electron chi connectivity index (χ1n) is 9.62. The molecule has 1 atom stereocenters. The lowest BCUT2D eigenvalue weighted by atomic mass is 9.94. The summed E-state index contributed by atoms with van der Waals surface area (Å²) in [4.78, 5) is 19.3. The number of fused-ring (bicyclic) bond motifs is 1. The Morgan fingerprint density at radius 1 is 1.23 bits per heavy atom. The van der Waals surface area contributed by atoms with Crippen LogP contribution in [0.15, 0.2) is 76.4 Å². The minimum absolute atomic E-state index is 0.277. The number of hydrogen-bond donors (Lipinski definition) is 0. The maximum Gasteiger partial charge on any atom is 0.338 e. The molecule has 0 aliphatic carbocycles. The summed E-state index contributed by atoms with van der Waals surface area (Å²) in [6.07, 6.45) is 1.92. The Morgan fingerprint density at radius 2 is 2.03 bits per heavy atom. The fourth-order valence-corrected chi connectivity index (χ4v) is 4.21. The summed E-state index contributed by atoms with van der Waals surface area (Å²) in [5, 5.41) is 2.77. The first kappa shape index (κ1) is 20.2. The van der Waals surface area contributed by atoms with Crippen LogP contribution < -0.4 is 4.74 Å². The number of esters is 1. The van der Waals surface area contributed by atoms with Crippen LogP contribution in [0.2, 0.25) is 0 Å². The van der Waals surface area contributed by atoms with E-state index in [-0.39, 0.29) is 17.8 Å². The zero-order valence-corrected chi connectivity index (χ0v) is 17.5. The Kier molecular flexibility index (Phi) is 5.90. The van der Waals surface area contributed by atoms with Crippen LogP contribution in [0, 0.1) is 5.82 Å². The third-order valence-corrected chi connectivity index (χ3v) is 5.58. The molecule has 2 aliphatic heterocycles. The van der Waals surface area contributed by atoms with Crippen LogP contribution in [0.3, 0.4) is 0 Å². The molecule has 2 aliphatic rings. The van der Waals surface area contributed by atoms with Gasteiger partial charge in [0.25, 0.3) is 0 Å². The minimum Gasteiger partial charge on any atom is -0.489 e. The average Bonchev–Trinajstić information content (AvgIpc) is 3.20. The van der Waals surface area contributed by atoms with Crippen molar-refractivity contribution in [1.82, 2.24) is 4.90 Å². The van der Waals surface area contributed by atoms with Gasteiger partial charge in [0, 0.05) is 6.20 Å². The molecule has 7 heteroatoms. The monoisotopic (exact) mass is 424 g/mol. The van der Waals surface area contributed by atoms with Crippen LogP contribution in [-0.2, 0) is 16.1 Å². The second kappa shape index (κ2) is 8.75.